The average Bonchev–Trinajstić information content (AvgIpc) is 3.01. The first-order chi connectivity index (χ1) is 10.7. The van der Waals surface area contributed by atoms with Crippen molar-refractivity contribution >= 4 is 17.5 Å². The van der Waals surface area contributed by atoms with Gasteiger partial charge in [0, 0.05) is 36.8 Å². The molecule has 2 N–H and O–H groups in total. The van der Waals surface area contributed by atoms with Crippen LogP contribution in [0.15, 0.2) is 18.2 Å². The van der Waals surface area contributed by atoms with E-state index in [9.17, 15) is 9.59 Å². The Morgan fingerprint density at radius 3 is 3.05 bits per heavy atom. The Hall–Kier alpha value is -1.88. The summed E-state index contributed by atoms with van der Waals surface area (Å²) in [6, 6.07) is 6.26. The number of carbonyl (C=O) groups is 2. The van der Waals surface area contributed by atoms with Crippen LogP contribution in [0, 0.1) is 5.92 Å². The molecule has 2 atom stereocenters. The fourth-order valence-electron chi connectivity index (χ4n) is 3.93. The summed E-state index contributed by atoms with van der Waals surface area (Å²) in [7, 11) is 0. The third kappa shape index (κ3) is 2.39. The lowest BCUT2D eigenvalue weighted by molar-refractivity contribution is -0.116. The van der Waals surface area contributed by atoms with E-state index >= 15 is 0 Å². The number of fused-ring (bicyclic) bond motifs is 2. The zero-order chi connectivity index (χ0) is 15.1. The van der Waals surface area contributed by atoms with Crippen LogP contribution in [0.25, 0.3) is 0 Å². The van der Waals surface area contributed by atoms with Crippen LogP contribution in [0.1, 0.15) is 35.2 Å². The van der Waals surface area contributed by atoms with Gasteiger partial charge in [0.15, 0.2) is 0 Å². The van der Waals surface area contributed by atoms with E-state index in [2.05, 4.69) is 10.6 Å². The van der Waals surface area contributed by atoms with E-state index in [0.29, 0.717) is 18.4 Å². The van der Waals surface area contributed by atoms with E-state index < -0.39 is 0 Å². The third-order valence-electron chi connectivity index (χ3n) is 5.19. The fourth-order valence-corrected chi connectivity index (χ4v) is 3.93. The number of nitrogens with one attached hydrogen (secondary N) is 2. The Labute approximate surface area is 130 Å². The van der Waals surface area contributed by atoms with Crippen molar-refractivity contribution < 1.29 is 9.59 Å². The molecule has 2 amide bonds. The highest BCUT2D eigenvalue weighted by molar-refractivity contribution is 5.98. The number of anilines is 1. The molecule has 2 unspecified atom stereocenters. The van der Waals surface area contributed by atoms with Crippen LogP contribution in [-0.2, 0) is 11.2 Å². The standard InChI is InChI=1S/C17H21N3O2/c21-16-4-2-11-9-12(1-3-15(11)19-16)17(22)20-8-6-14-13(10-20)5-7-18-14/h1,3,9,13-14,18H,2,4-8,10H2,(H,19,21). The maximum atomic E-state index is 12.8. The molecule has 5 nitrogen and oxygen atoms in total. The van der Waals surface area contributed by atoms with Crippen molar-refractivity contribution in [3.63, 3.8) is 0 Å². The fraction of sp³-hybridized carbons (Fsp3) is 0.529. The van der Waals surface area contributed by atoms with Crippen LogP contribution in [-0.4, -0.2) is 42.4 Å². The Bertz CT molecular complexity index is 628. The third-order valence-corrected chi connectivity index (χ3v) is 5.19. The molecule has 1 aromatic carbocycles. The van der Waals surface area contributed by atoms with E-state index in [0.717, 1.165) is 49.3 Å². The van der Waals surface area contributed by atoms with Gasteiger partial charge in [-0.1, -0.05) is 0 Å². The number of hydrogen-bond donors (Lipinski definition) is 2. The molecule has 0 aromatic heterocycles. The van der Waals surface area contributed by atoms with Gasteiger partial charge in [-0.05, 0) is 55.5 Å². The smallest absolute Gasteiger partial charge is 0.253 e. The summed E-state index contributed by atoms with van der Waals surface area (Å²) < 4.78 is 0. The minimum Gasteiger partial charge on any atom is -0.338 e. The normalized spacial score (nSPS) is 27.1. The molecule has 3 aliphatic heterocycles. The lowest BCUT2D eigenvalue weighted by atomic mass is 9.92. The number of piperidine rings is 1. The van der Waals surface area contributed by atoms with Crippen molar-refractivity contribution in [1.29, 1.82) is 0 Å². The minimum absolute atomic E-state index is 0.0578. The highest BCUT2D eigenvalue weighted by atomic mass is 16.2. The molecule has 4 rings (SSSR count). The van der Waals surface area contributed by atoms with Gasteiger partial charge in [0.25, 0.3) is 5.91 Å². The molecule has 0 aliphatic carbocycles. The van der Waals surface area contributed by atoms with Crippen LogP contribution < -0.4 is 10.6 Å². The van der Waals surface area contributed by atoms with Crippen molar-refractivity contribution in [2.75, 3.05) is 25.0 Å². The van der Waals surface area contributed by atoms with E-state index in [1.165, 1.54) is 6.42 Å². The van der Waals surface area contributed by atoms with Crippen molar-refractivity contribution in [2.45, 2.75) is 31.7 Å². The molecule has 0 spiro atoms. The zero-order valence-electron chi connectivity index (χ0n) is 12.6. The summed E-state index contributed by atoms with van der Waals surface area (Å²) in [5.41, 5.74) is 2.67. The maximum Gasteiger partial charge on any atom is 0.253 e. The van der Waals surface area contributed by atoms with Gasteiger partial charge in [0.1, 0.15) is 0 Å². The molecule has 0 radical (unpaired) electrons. The van der Waals surface area contributed by atoms with Gasteiger partial charge in [-0.2, -0.15) is 0 Å². The molecular formula is C17H21N3O2. The monoisotopic (exact) mass is 299 g/mol. The molecule has 0 bridgehead atoms. The molecule has 2 saturated heterocycles. The molecule has 116 valence electrons. The molecule has 1 aromatic rings. The number of amides is 2. The first-order valence-corrected chi connectivity index (χ1v) is 8.16. The lowest BCUT2D eigenvalue weighted by Gasteiger charge is -2.35. The predicted molar refractivity (Wildman–Crippen MR) is 83.8 cm³/mol. The molecule has 22 heavy (non-hydrogen) atoms. The number of aryl methyl sites for hydroxylation is 1. The molecule has 5 heteroatoms. The Balaban J connectivity index is 1.52. The molecule has 0 saturated carbocycles. The summed E-state index contributed by atoms with van der Waals surface area (Å²) in [6.07, 6.45) is 3.45. The van der Waals surface area contributed by atoms with E-state index in [1.807, 2.05) is 23.1 Å². The van der Waals surface area contributed by atoms with Gasteiger partial charge in [0.2, 0.25) is 5.91 Å². The Kier molecular flexibility index (Phi) is 3.37. The second-order valence-corrected chi connectivity index (χ2v) is 6.57. The number of rotatable bonds is 1. The van der Waals surface area contributed by atoms with Gasteiger partial charge in [-0.3, -0.25) is 9.59 Å². The summed E-state index contributed by atoms with van der Waals surface area (Å²) in [5.74, 6) is 0.794. The SMILES string of the molecule is O=C1CCc2cc(C(=O)N3CCC4NCCC4C3)ccc2N1. The van der Waals surface area contributed by atoms with Crippen LogP contribution in [0.3, 0.4) is 0 Å². The predicted octanol–water partition coefficient (Wildman–Crippen LogP) is 1.40. The van der Waals surface area contributed by atoms with Gasteiger partial charge in [-0.15, -0.1) is 0 Å². The Morgan fingerprint density at radius 1 is 1.23 bits per heavy atom. The van der Waals surface area contributed by atoms with Gasteiger partial charge < -0.3 is 15.5 Å². The van der Waals surface area contributed by atoms with Gasteiger partial charge in [-0.25, -0.2) is 0 Å². The second-order valence-electron chi connectivity index (χ2n) is 6.57. The summed E-state index contributed by atoms with van der Waals surface area (Å²) in [6.45, 7) is 2.78. The van der Waals surface area contributed by atoms with Crippen molar-refractivity contribution in [3.8, 4) is 0 Å². The first kappa shape index (κ1) is 13.8. The van der Waals surface area contributed by atoms with Crippen molar-refractivity contribution in [1.82, 2.24) is 10.2 Å². The zero-order valence-corrected chi connectivity index (χ0v) is 12.6. The number of nitrogens with zero attached hydrogens (tertiary/aromatic N) is 1. The van der Waals surface area contributed by atoms with E-state index in [4.69, 9.17) is 0 Å². The molecular weight excluding hydrogens is 278 g/mol. The van der Waals surface area contributed by atoms with E-state index in [-0.39, 0.29) is 11.8 Å². The van der Waals surface area contributed by atoms with Crippen molar-refractivity contribution in [2.24, 2.45) is 5.92 Å². The van der Waals surface area contributed by atoms with E-state index in [1.54, 1.807) is 0 Å². The minimum atomic E-state index is 0.0578. The van der Waals surface area contributed by atoms with Crippen molar-refractivity contribution in [3.05, 3.63) is 29.3 Å². The topological polar surface area (TPSA) is 61.4 Å². The number of carbonyl (C=O) groups excluding carboxylic acids is 2. The second kappa shape index (κ2) is 5.39. The maximum absolute atomic E-state index is 12.8. The van der Waals surface area contributed by atoms with Gasteiger partial charge in [0.05, 0.1) is 0 Å². The van der Waals surface area contributed by atoms with Crippen LogP contribution in [0.4, 0.5) is 5.69 Å². The molecule has 2 fully saturated rings. The number of benzene rings is 1. The quantitative estimate of drug-likeness (QED) is 0.824. The van der Waals surface area contributed by atoms with Crippen LogP contribution in [0.2, 0.25) is 0 Å². The summed E-state index contributed by atoms with van der Waals surface area (Å²) in [4.78, 5) is 26.2. The lowest BCUT2D eigenvalue weighted by Crippen LogP contribution is -2.46. The number of hydrogen-bond acceptors (Lipinski definition) is 3. The average molecular weight is 299 g/mol. The Morgan fingerprint density at radius 2 is 2.14 bits per heavy atom. The highest BCUT2D eigenvalue weighted by Crippen LogP contribution is 2.27. The van der Waals surface area contributed by atoms with Crippen LogP contribution >= 0.6 is 0 Å². The summed E-state index contributed by atoms with van der Waals surface area (Å²) >= 11 is 0. The van der Waals surface area contributed by atoms with Crippen LogP contribution in [0.5, 0.6) is 0 Å². The highest BCUT2D eigenvalue weighted by Gasteiger charge is 2.34. The first-order valence-electron chi connectivity index (χ1n) is 8.16. The molecule has 3 heterocycles. The number of likely N-dealkylation sites (tertiary alicyclic amines) is 1. The summed E-state index contributed by atoms with van der Waals surface area (Å²) in [5, 5.41) is 6.39. The van der Waals surface area contributed by atoms with Gasteiger partial charge >= 0.3 is 0 Å². The largest absolute Gasteiger partial charge is 0.338 e. The molecule has 3 aliphatic rings.